The minimum Gasteiger partial charge on any atom is -0.394 e. The third kappa shape index (κ3) is 2.06. The van der Waals surface area contributed by atoms with Crippen LogP contribution in [0.4, 0.5) is 17.2 Å². The van der Waals surface area contributed by atoms with Crippen molar-refractivity contribution in [1.82, 2.24) is 9.78 Å². The Kier molecular flexibility index (Phi) is 2.71. The summed E-state index contributed by atoms with van der Waals surface area (Å²) in [6, 6.07) is 7.79. The van der Waals surface area contributed by atoms with E-state index in [-0.39, 0.29) is 0 Å². The topological polar surface area (TPSA) is 79.7 Å². The maximum absolute atomic E-state index is 9.10. The number of nitriles is 1. The Balaban J connectivity index is 2.40. The number of benzene rings is 1. The molecule has 0 aliphatic carbocycles. The Hall–Kier alpha value is -2.48. The first-order valence-corrected chi connectivity index (χ1v) is 5.17. The standard InChI is InChI=1S/C12H13N5/c1-8-4-3-5-11(9(8)6-13)15-12-10(14)7-17(2)16-12/h3-5,7H,14H2,1-2H3,(H,15,16). The number of hydrogen-bond acceptors (Lipinski definition) is 4. The molecule has 0 saturated heterocycles. The van der Waals surface area contributed by atoms with Gasteiger partial charge in [-0.1, -0.05) is 12.1 Å². The van der Waals surface area contributed by atoms with E-state index in [0.29, 0.717) is 17.1 Å². The van der Waals surface area contributed by atoms with Crippen molar-refractivity contribution >= 4 is 17.2 Å². The molecule has 0 unspecified atom stereocenters. The van der Waals surface area contributed by atoms with Crippen LogP contribution in [0.5, 0.6) is 0 Å². The van der Waals surface area contributed by atoms with Crippen molar-refractivity contribution in [2.24, 2.45) is 7.05 Å². The van der Waals surface area contributed by atoms with Crippen LogP contribution in [0, 0.1) is 18.3 Å². The largest absolute Gasteiger partial charge is 0.394 e. The summed E-state index contributed by atoms with van der Waals surface area (Å²) >= 11 is 0. The fourth-order valence-corrected chi connectivity index (χ4v) is 1.65. The normalized spacial score (nSPS) is 9.94. The molecule has 2 aromatic rings. The number of aryl methyl sites for hydroxylation is 2. The van der Waals surface area contributed by atoms with Crippen LogP contribution in [0.3, 0.4) is 0 Å². The Morgan fingerprint density at radius 2 is 2.24 bits per heavy atom. The minimum atomic E-state index is 0.554. The zero-order valence-corrected chi connectivity index (χ0v) is 9.73. The van der Waals surface area contributed by atoms with Gasteiger partial charge in [-0.15, -0.1) is 0 Å². The van der Waals surface area contributed by atoms with Gasteiger partial charge in [0, 0.05) is 13.2 Å². The Morgan fingerprint density at radius 1 is 1.47 bits per heavy atom. The second-order valence-electron chi connectivity index (χ2n) is 3.84. The first-order chi connectivity index (χ1) is 8.11. The van der Waals surface area contributed by atoms with Crippen molar-refractivity contribution in [2.75, 3.05) is 11.1 Å². The summed E-state index contributed by atoms with van der Waals surface area (Å²) in [5, 5.41) is 16.4. The molecule has 5 heteroatoms. The zero-order chi connectivity index (χ0) is 12.4. The lowest BCUT2D eigenvalue weighted by atomic mass is 10.1. The van der Waals surface area contributed by atoms with Gasteiger partial charge in [-0.05, 0) is 18.6 Å². The summed E-state index contributed by atoms with van der Waals surface area (Å²) < 4.78 is 1.62. The lowest BCUT2D eigenvalue weighted by Gasteiger charge is -2.07. The van der Waals surface area contributed by atoms with Crippen LogP contribution in [0.15, 0.2) is 24.4 Å². The highest BCUT2D eigenvalue weighted by Crippen LogP contribution is 2.25. The molecule has 0 aliphatic heterocycles. The molecule has 0 aliphatic rings. The van der Waals surface area contributed by atoms with E-state index in [1.165, 1.54) is 0 Å². The minimum absolute atomic E-state index is 0.554. The summed E-state index contributed by atoms with van der Waals surface area (Å²) in [4.78, 5) is 0. The van der Waals surface area contributed by atoms with Crippen molar-refractivity contribution in [3.8, 4) is 6.07 Å². The van der Waals surface area contributed by atoms with Crippen LogP contribution in [0.1, 0.15) is 11.1 Å². The van der Waals surface area contributed by atoms with Gasteiger partial charge in [-0.25, -0.2) is 0 Å². The first kappa shape index (κ1) is 11.0. The van der Waals surface area contributed by atoms with Gasteiger partial charge >= 0.3 is 0 Å². The van der Waals surface area contributed by atoms with Gasteiger partial charge in [0.25, 0.3) is 0 Å². The molecule has 0 radical (unpaired) electrons. The Bertz CT molecular complexity index is 591. The summed E-state index contributed by atoms with van der Waals surface area (Å²) in [7, 11) is 1.79. The number of nitrogens with two attached hydrogens (primary N) is 1. The van der Waals surface area contributed by atoms with Crippen LogP contribution in [0.2, 0.25) is 0 Å². The average molecular weight is 227 g/mol. The number of hydrogen-bond donors (Lipinski definition) is 2. The van der Waals surface area contributed by atoms with Gasteiger partial charge < -0.3 is 11.1 Å². The van der Waals surface area contributed by atoms with E-state index >= 15 is 0 Å². The van der Waals surface area contributed by atoms with Crippen molar-refractivity contribution in [3.05, 3.63) is 35.5 Å². The molecule has 1 aromatic heterocycles. The van der Waals surface area contributed by atoms with Crippen molar-refractivity contribution < 1.29 is 0 Å². The number of rotatable bonds is 2. The van der Waals surface area contributed by atoms with Crippen molar-refractivity contribution in [3.63, 3.8) is 0 Å². The molecule has 0 amide bonds. The fraction of sp³-hybridized carbons (Fsp3) is 0.167. The van der Waals surface area contributed by atoms with Gasteiger partial charge in [0.15, 0.2) is 5.82 Å². The first-order valence-electron chi connectivity index (χ1n) is 5.17. The lowest BCUT2D eigenvalue weighted by Crippen LogP contribution is -1.99. The molecule has 1 aromatic carbocycles. The third-order valence-electron chi connectivity index (χ3n) is 2.49. The van der Waals surface area contributed by atoms with E-state index in [2.05, 4.69) is 16.5 Å². The van der Waals surface area contributed by atoms with Crippen LogP contribution in [0.25, 0.3) is 0 Å². The van der Waals surface area contributed by atoms with E-state index in [1.807, 2.05) is 25.1 Å². The highest BCUT2D eigenvalue weighted by Gasteiger charge is 2.09. The molecule has 0 saturated carbocycles. The van der Waals surface area contributed by atoms with E-state index in [9.17, 15) is 0 Å². The molecule has 0 atom stereocenters. The Labute approximate surface area is 99.5 Å². The molecular formula is C12H13N5. The summed E-state index contributed by atoms with van der Waals surface area (Å²) in [5.74, 6) is 0.564. The number of nitrogens with one attached hydrogen (secondary N) is 1. The van der Waals surface area contributed by atoms with Gasteiger partial charge in [-0.3, -0.25) is 4.68 Å². The maximum Gasteiger partial charge on any atom is 0.175 e. The lowest BCUT2D eigenvalue weighted by molar-refractivity contribution is 0.771. The summed E-state index contributed by atoms with van der Waals surface area (Å²) in [6.45, 7) is 1.89. The van der Waals surface area contributed by atoms with E-state index in [0.717, 1.165) is 11.3 Å². The quantitative estimate of drug-likeness (QED) is 0.821. The van der Waals surface area contributed by atoms with E-state index < -0.39 is 0 Å². The third-order valence-corrected chi connectivity index (χ3v) is 2.49. The van der Waals surface area contributed by atoms with Gasteiger partial charge in [-0.2, -0.15) is 10.4 Å². The Morgan fingerprint density at radius 3 is 2.82 bits per heavy atom. The van der Waals surface area contributed by atoms with Gasteiger partial charge in [0.1, 0.15) is 6.07 Å². The molecular weight excluding hydrogens is 214 g/mol. The van der Waals surface area contributed by atoms with E-state index in [1.54, 1.807) is 17.9 Å². The van der Waals surface area contributed by atoms with E-state index in [4.69, 9.17) is 11.0 Å². The van der Waals surface area contributed by atoms with Crippen molar-refractivity contribution in [2.45, 2.75) is 6.92 Å². The summed E-state index contributed by atoms with van der Waals surface area (Å²) in [6.07, 6.45) is 1.71. The maximum atomic E-state index is 9.10. The molecule has 86 valence electrons. The number of nitrogens with zero attached hydrogens (tertiary/aromatic N) is 3. The predicted molar refractivity (Wildman–Crippen MR) is 66.8 cm³/mol. The monoisotopic (exact) mass is 227 g/mol. The van der Waals surface area contributed by atoms with Crippen LogP contribution >= 0.6 is 0 Å². The molecule has 1 heterocycles. The van der Waals surface area contributed by atoms with Crippen molar-refractivity contribution in [1.29, 1.82) is 5.26 Å². The predicted octanol–water partition coefficient (Wildman–Crippen LogP) is 1.93. The van der Waals surface area contributed by atoms with Gasteiger partial charge in [0.05, 0.1) is 16.9 Å². The molecule has 5 nitrogen and oxygen atoms in total. The zero-order valence-electron chi connectivity index (χ0n) is 9.73. The van der Waals surface area contributed by atoms with Gasteiger partial charge in [0.2, 0.25) is 0 Å². The molecule has 0 spiro atoms. The summed E-state index contributed by atoms with van der Waals surface area (Å²) in [5.41, 5.74) is 8.60. The fourth-order valence-electron chi connectivity index (χ4n) is 1.65. The average Bonchev–Trinajstić information content (AvgIpc) is 2.58. The highest BCUT2D eigenvalue weighted by atomic mass is 15.3. The van der Waals surface area contributed by atoms with Crippen LogP contribution in [-0.4, -0.2) is 9.78 Å². The second-order valence-corrected chi connectivity index (χ2v) is 3.84. The number of anilines is 3. The SMILES string of the molecule is Cc1cccc(Nc2nn(C)cc2N)c1C#N. The van der Waals surface area contributed by atoms with Crippen LogP contribution in [-0.2, 0) is 7.05 Å². The molecule has 0 fully saturated rings. The number of aromatic nitrogens is 2. The second kappa shape index (κ2) is 4.18. The van der Waals surface area contributed by atoms with Crippen LogP contribution < -0.4 is 11.1 Å². The molecule has 2 rings (SSSR count). The highest BCUT2D eigenvalue weighted by molar-refractivity contribution is 5.72. The smallest absolute Gasteiger partial charge is 0.175 e. The molecule has 17 heavy (non-hydrogen) atoms. The molecule has 0 bridgehead atoms. The number of nitrogen functional groups attached to an aromatic ring is 1. The molecule has 3 N–H and O–H groups in total.